The van der Waals surface area contributed by atoms with E-state index in [-0.39, 0.29) is 30.1 Å². The van der Waals surface area contributed by atoms with Gasteiger partial charge in [0.1, 0.15) is 6.61 Å². The summed E-state index contributed by atoms with van der Waals surface area (Å²) in [6, 6.07) is 13.4. The minimum Gasteiger partial charge on any atom is -0.398 e. The number of aliphatic hydroxyl groups excluding tert-OH is 3. The molecule has 0 bridgehead atoms. The van der Waals surface area contributed by atoms with Crippen molar-refractivity contribution >= 4 is 17.3 Å². The predicted molar refractivity (Wildman–Crippen MR) is 163 cm³/mol. The molecule has 3 saturated carbocycles. The van der Waals surface area contributed by atoms with Crippen molar-refractivity contribution in [1.29, 1.82) is 0 Å². The molecule has 9 atom stereocenters. The number of carbonyl (C=O) groups excluding carboxylic acids is 2. The average Bonchev–Trinajstić information content (AvgIpc) is 3.50. The van der Waals surface area contributed by atoms with Crippen molar-refractivity contribution in [3.63, 3.8) is 0 Å². The third-order valence-corrected chi connectivity index (χ3v) is 11.9. The predicted octanol–water partition coefficient (Wildman–Crippen LogP) is 3.95. The molecular weight excluding hydrogens is 558 g/mol. The summed E-state index contributed by atoms with van der Waals surface area (Å²) in [6.07, 6.45) is 6.40. The number of ether oxygens (including phenoxy) is 2. The maximum absolute atomic E-state index is 13.8. The summed E-state index contributed by atoms with van der Waals surface area (Å²) in [4.78, 5) is 25.9. The standard InChI is InChI=1S/C36H41NO7/c1-34-13-12-24(40)15-23(34)10-11-25-27-16-31-36(30(42)19-39,35(27,2)17-29(41)32(25)34)44-33(43-31)21-8-6-20(7-9-21)14-22-4-3-5-28(37)26(22)18-38/h3-9,12-13,15,25,27,29,31-33,38-39,41H,10-11,14,16-19,37H2,1-2H3/t25-,27-,29-,31+,32+,33+,34-,35-,36+/m0/s1. The molecule has 4 fully saturated rings. The lowest BCUT2D eigenvalue weighted by Crippen LogP contribution is -2.63. The van der Waals surface area contributed by atoms with E-state index in [1.54, 1.807) is 18.2 Å². The van der Waals surface area contributed by atoms with Gasteiger partial charge in [-0.25, -0.2) is 0 Å². The van der Waals surface area contributed by atoms with E-state index < -0.39 is 47.3 Å². The van der Waals surface area contributed by atoms with E-state index in [2.05, 4.69) is 6.92 Å². The second-order valence-corrected chi connectivity index (χ2v) is 13.9. The van der Waals surface area contributed by atoms with E-state index >= 15 is 0 Å². The lowest BCUT2D eigenvalue weighted by atomic mass is 9.46. The molecule has 1 heterocycles. The Hall–Kier alpha value is -3.14. The molecule has 1 saturated heterocycles. The molecule has 4 aliphatic carbocycles. The summed E-state index contributed by atoms with van der Waals surface area (Å²) >= 11 is 0. The summed E-state index contributed by atoms with van der Waals surface area (Å²) in [5.74, 6) is -0.336. The Morgan fingerprint density at radius 2 is 1.89 bits per heavy atom. The van der Waals surface area contributed by atoms with E-state index in [4.69, 9.17) is 15.2 Å². The molecule has 5 N–H and O–H groups in total. The summed E-state index contributed by atoms with van der Waals surface area (Å²) in [5, 5.41) is 31.9. The number of nitrogen functional groups attached to an aromatic ring is 1. The Morgan fingerprint density at radius 1 is 1.11 bits per heavy atom. The molecule has 0 amide bonds. The van der Waals surface area contributed by atoms with Gasteiger partial charge < -0.3 is 30.5 Å². The van der Waals surface area contributed by atoms with Gasteiger partial charge in [-0.3, -0.25) is 9.59 Å². The van der Waals surface area contributed by atoms with Crippen molar-refractivity contribution in [3.05, 3.63) is 88.5 Å². The van der Waals surface area contributed by atoms with E-state index in [1.165, 1.54) is 0 Å². The van der Waals surface area contributed by atoms with Crippen LogP contribution in [0.5, 0.6) is 0 Å². The van der Waals surface area contributed by atoms with Gasteiger partial charge in [0.05, 0.1) is 18.8 Å². The van der Waals surface area contributed by atoms with E-state index in [0.717, 1.165) is 40.7 Å². The van der Waals surface area contributed by atoms with Crippen molar-refractivity contribution < 1.29 is 34.4 Å². The van der Waals surface area contributed by atoms with Crippen molar-refractivity contribution in [3.8, 4) is 0 Å². The topological polar surface area (TPSA) is 139 Å². The number of nitrogens with two attached hydrogens (primary N) is 1. The summed E-state index contributed by atoms with van der Waals surface area (Å²) in [7, 11) is 0. The first-order valence-corrected chi connectivity index (χ1v) is 15.7. The Morgan fingerprint density at radius 3 is 2.61 bits per heavy atom. The third-order valence-electron chi connectivity index (χ3n) is 11.9. The highest BCUT2D eigenvalue weighted by Crippen LogP contribution is 2.70. The van der Waals surface area contributed by atoms with Crippen LogP contribution in [0.3, 0.4) is 0 Å². The highest BCUT2D eigenvalue weighted by molar-refractivity contribution is 6.01. The molecule has 2 aromatic rings. The number of Topliss-reactive ketones (excluding diaryl/α,β-unsaturated/α-hetero) is 1. The van der Waals surface area contributed by atoms with Crippen molar-refractivity contribution in [1.82, 2.24) is 0 Å². The lowest BCUT2D eigenvalue weighted by Gasteiger charge is -2.59. The van der Waals surface area contributed by atoms with Crippen LogP contribution in [0.15, 0.2) is 66.3 Å². The number of aliphatic hydroxyl groups is 3. The third kappa shape index (κ3) is 4.08. The van der Waals surface area contributed by atoms with Crippen molar-refractivity contribution in [2.75, 3.05) is 12.3 Å². The van der Waals surface area contributed by atoms with E-state index in [1.807, 2.05) is 49.4 Å². The first-order chi connectivity index (χ1) is 21.1. The maximum atomic E-state index is 13.8. The molecule has 232 valence electrons. The van der Waals surface area contributed by atoms with Gasteiger partial charge in [-0.2, -0.15) is 0 Å². The molecule has 0 radical (unpaired) electrons. The van der Waals surface area contributed by atoms with Crippen LogP contribution in [-0.4, -0.2) is 51.3 Å². The van der Waals surface area contributed by atoms with Gasteiger partial charge in [-0.15, -0.1) is 0 Å². The highest BCUT2D eigenvalue weighted by Gasteiger charge is 2.75. The number of rotatable bonds is 6. The number of hydrogen-bond donors (Lipinski definition) is 4. The Bertz CT molecular complexity index is 1560. The van der Waals surface area contributed by atoms with Crippen LogP contribution in [0.1, 0.15) is 68.1 Å². The van der Waals surface area contributed by atoms with Crippen LogP contribution in [0.4, 0.5) is 5.69 Å². The zero-order chi connectivity index (χ0) is 31.0. The first-order valence-electron chi connectivity index (χ1n) is 15.7. The molecule has 0 spiro atoms. The zero-order valence-corrected chi connectivity index (χ0v) is 25.2. The number of anilines is 1. The summed E-state index contributed by atoms with van der Waals surface area (Å²) in [5.41, 5.74) is 8.64. The summed E-state index contributed by atoms with van der Waals surface area (Å²) < 4.78 is 13.3. The Kier molecular flexibility index (Phi) is 7.03. The monoisotopic (exact) mass is 599 g/mol. The smallest absolute Gasteiger partial charge is 0.193 e. The lowest BCUT2D eigenvalue weighted by molar-refractivity contribution is -0.201. The minimum absolute atomic E-state index is 0.00509. The SMILES string of the molecule is C[C@]12C=CC(=O)C=C1CC[C@@H]1[C@@H]2[C@@H](O)C[C@@]2(C)[C@H]1C[C@H]1O[C@@H](c3ccc(Cc4cccc(N)c4CO)cc3)O[C@]12C(=O)CO. The molecule has 2 aromatic carbocycles. The fraction of sp³-hybridized carbons (Fsp3) is 0.500. The zero-order valence-electron chi connectivity index (χ0n) is 25.2. The van der Waals surface area contributed by atoms with Crippen LogP contribution < -0.4 is 5.73 Å². The molecule has 7 rings (SSSR count). The molecule has 0 aromatic heterocycles. The fourth-order valence-electron chi connectivity index (χ4n) is 9.86. The second kappa shape index (κ2) is 10.5. The van der Waals surface area contributed by atoms with Gasteiger partial charge in [-0.05, 0) is 73.3 Å². The number of benzene rings is 2. The number of carbonyl (C=O) groups is 2. The number of hydrogen-bond acceptors (Lipinski definition) is 8. The summed E-state index contributed by atoms with van der Waals surface area (Å²) in [6.45, 7) is 3.37. The van der Waals surface area contributed by atoms with E-state index in [9.17, 15) is 24.9 Å². The van der Waals surface area contributed by atoms with Gasteiger partial charge in [0.25, 0.3) is 0 Å². The Balaban J connectivity index is 1.17. The number of allylic oxidation sites excluding steroid dienone is 4. The highest BCUT2D eigenvalue weighted by atomic mass is 16.7. The van der Waals surface area contributed by atoms with Gasteiger partial charge >= 0.3 is 0 Å². The van der Waals surface area contributed by atoms with Gasteiger partial charge in [0.15, 0.2) is 23.5 Å². The van der Waals surface area contributed by atoms with Gasteiger partial charge in [0, 0.05) is 33.6 Å². The quantitative estimate of drug-likeness (QED) is 0.366. The minimum atomic E-state index is -1.38. The maximum Gasteiger partial charge on any atom is 0.193 e. The fourth-order valence-corrected chi connectivity index (χ4v) is 9.86. The van der Waals surface area contributed by atoms with Crippen LogP contribution in [-0.2, 0) is 32.1 Å². The molecular formula is C36H41NO7. The van der Waals surface area contributed by atoms with Crippen molar-refractivity contribution in [2.45, 2.75) is 76.7 Å². The van der Waals surface area contributed by atoms with E-state index in [0.29, 0.717) is 24.9 Å². The van der Waals surface area contributed by atoms with Crippen LogP contribution in [0.2, 0.25) is 0 Å². The number of ketones is 2. The van der Waals surface area contributed by atoms with Gasteiger partial charge in [0.2, 0.25) is 0 Å². The van der Waals surface area contributed by atoms with Crippen molar-refractivity contribution in [2.24, 2.45) is 28.6 Å². The largest absolute Gasteiger partial charge is 0.398 e. The first kappa shape index (κ1) is 29.6. The van der Waals surface area contributed by atoms with Gasteiger partial charge in [-0.1, -0.05) is 61.9 Å². The average molecular weight is 600 g/mol. The van der Waals surface area contributed by atoms with Crippen LogP contribution >= 0.6 is 0 Å². The second-order valence-electron chi connectivity index (χ2n) is 13.9. The molecule has 5 aliphatic rings. The molecule has 8 nitrogen and oxygen atoms in total. The Labute approximate surface area is 257 Å². The molecule has 0 unspecified atom stereocenters. The normalized spacial score (nSPS) is 38.8. The molecule has 8 heteroatoms. The van der Waals surface area contributed by atoms with Crippen LogP contribution in [0, 0.1) is 28.6 Å². The molecule has 44 heavy (non-hydrogen) atoms. The number of fused-ring (bicyclic) bond motifs is 7. The molecule has 1 aliphatic heterocycles. The van der Waals surface area contributed by atoms with Crippen LogP contribution in [0.25, 0.3) is 0 Å².